The molecule has 0 spiro atoms. The van der Waals surface area contributed by atoms with Crippen molar-refractivity contribution < 1.29 is 27.8 Å². The highest BCUT2D eigenvalue weighted by molar-refractivity contribution is 5.94. The van der Waals surface area contributed by atoms with E-state index in [4.69, 9.17) is 4.74 Å². The van der Waals surface area contributed by atoms with Gasteiger partial charge in [-0.3, -0.25) is 4.79 Å². The van der Waals surface area contributed by atoms with Crippen molar-refractivity contribution >= 4 is 11.6 Å². The Morgan fingerprint density at radius 2 is 1.69 bits per heavy atom. The second-order valence-corrected chi connectivity index (χ2v) is 7.31. The first-order chi connectivity index (χ1) is 15.3. The molecule has 1 fully saturated rings. The summed E-state index contributed by atoms with van der Waals surface area (Å²) in [5.74, 6) is 0.484. The molecule has 0 atom stereocenters. The molecule has 166 valence electrons. The number of alkyl halides is 3. The molecule has 0 aliphatic carbocycles. The van der Waals surface area contributed by atoms with Gasteiger partial charge in [0, 0.05) is 55.8 Å². The Kier molecular flexibility index (Phi) is 5.89. The highest BCUT2D eigenvalue weighted by Gasteiger charge is 2.30. The van der Waals surface area contributed by atoms with Crippen molar-refractivity contribution in [2.45, 2.75) is 6.18 Å². The highest BCUT2D eigenvalue weighted by atomic mass is 19.4. The van der Waals surface area contributed by atoms with Crippen molar-refractivity contribution in [1.29, 1.82) is 0 Å². The van der Waals surface area contributed by atoms with Crippen LogP contribution in [0.1, 0.15) is 15.9 Å². The van der Waals surface area contributed by atoms with Gasteiger partial charge in [-0.25, -0.2) is 4.98 Å². The molecule has 1 amide bonds. The van der Waals surface area contributed by atoms with Crippen molar-refractivity contribution in [2.75, 3.05) is 31.1 Å². The maximum absolute atomic E-state index is 12.8. The summed E-state index contributed by atoms with van der Waals surface area (Å²) in [4.78, 5) is 20.3. The smallest absolute Gasteiger partial charge is 0.417 e. The van der Waals surface area contributed by atoms with E-state index in [1.54, 1.807) is 47.4 Å². The fraction of sp³-hybridized carbons (Fsp3) is 0.217. The number of phenols is 1. The van der Waals surface area contributed by atoms with Gasteiger partial charge in [-0.1, -0.05) is 6.07 Å². The highest BCUT2D eigenvalue weighted by Crippen LogP contribution is 2.30. The Hall–Kier alpha value is -3.75. The van der Waals surface area contributed by atoms with E-state index in [0.717, 1.165) is 17.8 Å². The molecule has 1 aliphatic heterocycles. The van der Waals surface area contributed by atoms with E-state index < -0.39 is 11.7 Å². The van der Waals surface area contributed by atoms with Crippen LogP contribution in [0.3, 0.4) is 0 Å². The van der Waals surface area contributed by atoms with Crippen LogP contribution in [0.4, 0.5) is 18.9 Å². The summed E-state index contributed by atoms with van der Waals surface area (Å²) in [6.07, 6.45) is -3.74. The lowest BCUT2D eigenvalue weighted by molar-refractivity contribution is -0.137. The third kappa shape index (κ3) is 4.93. The number of carbonyl (C=O) groups excluding carboxylic acids is 1. The van der Waals surface area contributed by atoms with Crippen molar-refractivity contribution in [2.24, 2.45) is 0 Å². The molecule has 3 aromatic rings. The van der Waals surface area contributed by atoms with Crippen LogP contribution in [-0.4, -0.2) is 47.1 Å². The number of hydrogen-bond donors (Lipinski definition) is 1. The maximum Gasteiger partial charge on any atom is 0.417 e. The van der Waals surface area contributed by atoms with E-state index in [1.165, 1.54) is 0 Å². The lowest BCUT2D eigenvalue weighted by atomic mass is 10.1. The average Bonchev–Trinajstić information content (AvgIpc) is 2.79. The molecule has 32 heavy (non-hydrogen) atoms. The van der Waals surface area contributed by atoms with E-state index >= 15 is 0 Å². The Labute approximate surface area is 182 Å². The van der Waals surface area contributed by atoms with E-state index in [9.17, 15) is 23.1 Å². The summed E-state index contributed by atoms with van der Waals surface area (Å²) in [5.41, 5.74) is 0.550. The third-order valence-electron chi connectivity index (χ3n) is 5.15. The fourth-order valence-electron chi connectivity index (χ4n) is 3.43. The molecule has 0 saturated carbocycles. The molecule has 0 unspecified atom stereocenters. The van der Waals surface area contributed by atoms with Gasteiger partial charge < -0.3 is 19.6 Å². The number of aromatic hydroxyl groups is 1. The van der Waals surface area contributed by atoms with Crippen LogP contribution in [0.15, 0.2) is 66.9 Å². The first-order valence-corrected chi connectivity index (χ1v) is 9.94. The van der Waals surface area contributed by atoms with Crippen LogP contribution in [0.25, 0.3) is 0 Å². The first-order valence-electron chi connectivity index (χ1n) is 9.94. The Bertz CT molecular complexity index is 1080. The minimum Gasteiger partial charge on any atom is -0.508 e. The number of nitrogens with zero attached hydrogens (tertiary/aromatic N) is 3. The predicted molar refractivity (Wildman–Crippen MR) is 112 cm³/mol. The van der Waals surface area contributed by atoms with Gasteiger partial charge in [0.15, 0.2) is 0 Å². The van der Waals surface area contributed by atoms with Gasteiger partial charge in [-0.15, -0.1) is 0 Å². The zero-order valence-electron chi connectivity index (χ0n) is 16.9. The monoisotopic (exact) mass is 443 g/mol. The minimum absolute atomic E-state index is 0.0279. The number of hydrogen-bond acceptors (Lipinski definition) is 5. The van der Waals surface area contributed by atoms with Crippen LogP contribution in [0.5, 0.6) is 17.4 Å². The maximum atomic E-state index is 12.8. The summed E-state index contributed by atoms with van der Waals surface area (Å²) in [7, 11) is 0. The number of aromatic nitrogens is 1. The molecular formula is C23H20F3N3O3. The molecule has 2 heterocycles. The SMILES string of the molecule is O=C(c1ccc(Oc2ccc(C(F)(F)F)cn2)cc1)N1CCN(c2cccc(O)c2)CC1. The Morgan fingerprint density at radius 3 is 2.28 bits per heavy atom. The van der Waals surface area contributed by atoms with Gasteiger partial charge in [0.05, 0.1) is 5.56 Å². The first kappa shape index (κ1) is 21.5. The number of rotatable bonds is 4. The third-order valence-corrected chi connectivity index (χ3v) is 5.15. The number of anilines is 1. The van der Waals surface area contributed by atoms with E-state index in [0.29, 0.717) is 43.7 Å². The van der Waals surface area contributed by atoms with Crippen molar-refractivity contribution in [3.63, 3.8) is 0 Å². The van der Waals surface area contributed by atoms with Crippen LogP contribution in [0.2, 0.25) is 0 Å². The summed E-state index contributed by atoms with van der Waals surface area (Å²) < 4.78 is 43.3. The Balaban J connectivity index is 1.34. The van der Waals surface area contributed by atoms with Gasteiger partial charge >= 0.3 is 6.18 Å². The molecule has 9 heteroatoms. The van der Waals surface area contributed by atoms with E-state index in [1.807, 2.05) is 6.07 Å². The molecule has 1 saturated heterocycles. The second-order valence-electron chi connectivity index (χ2n) is 7.31. The van der Waals surface area contributed by atoms with Gasteiger partial charge in [0.2, 0.25) is 5.88 Å². The fourth-order valence-corrected chi connectivity index (χ4v) is 3.43. The van der Waals surface area contributed by atoms with Gasteiger partial charge in [-0.2, -0.15) is 13.2 Å². The number of carbonyl (C=O) groups is 1. The van der Waals surface area contributed by atoms with Crippen molar-refractivity contribution in [3.8, 4) is 17.4 Å². The Morgan fingerprint density at radius 1 is 0.969 bits per heavy atom. The number of ether oxygens (including phenoxy) is 1. The topological polar surface area (TPSA) is 65.9 Å². The zero-order chi connectivity index (χ0) is 22.7. The standard InChI is InChI=1S/C23H20F3N3O3/c24-23(25,26)17-6-9-21(27-15-17)32-20-7-4-16(5-8-20)22(31)29-12-10-28(11-13-29)18-2-1-3-19(30)14-18/h1-9,14-15,30H,10-13H2. The number of halogens is 3. The number of piperazine rings is 1. The van der Waals surface area contributed by atoms with Crippen LogP contribution in [-0.2, 0) is 6.18 Å². The molecule has 4 rings (SSSR count). The van der Waals surface area contributed by atoms with Gasteiger partial charge in [0.1, 0.15) is 11.5 Å². The molecule has 0 bridgehead atoms. The number of amides is 1. The average molecular weight is 443 g/mol. The van der Waals surface area contributed by atoms with Crippen LogP contribution in [0, 0.1) is 0 Å². The zero-order valence-corrected chi connectivity index (χ0v) is 16.9. The normalized spacial score (nSPS) is 14.3. The van der Waals surface area contributed by atoms with E-state index in [2.05, 4.69) is 9.88 Å². The molecule has 1 aliphatic rings. The number of pyridine rings is 1. The quantitative estimate of drug-likeness (QED) is 0.641. The minimum atomic E-state index is -4.46. The van der Waals surface area contributed by atoms with Crippen molar-refractivity contribution in [3.05, 3.63) is 78.0 Å². The van der Waals surface area contributed by atoms with E-state index in [-0.39, 0.29) is 17.5 Å². The summed E-state index contributed by atoms with van der Waals surface area (Å²) in [6.45, 7) is 2.39. The molecule has 1 aromatic heterocycles. The summed E-state index contributed by atoms with van der Waals surface area (Å²) in [5, 5.41) is 9.64. The second kappa shape index (κ2) is 8.78. The predicted octanol–water partition coefficient (Wildman–Crippen LogP) is 4.56. The molecule has 6 nitrogen and oxygen atoms in total. The van der Waals surface area contributed by atoms with Gasteiger partial charge in [-0.05, 0) is 42.5 Å². The molecule has 0 radical (unpaired) electrons. The molecule has 2 aromatic carbocycles. The number of benzene rings is 2. The molecule has 1 N–H and O–H groups in total. The summed E-state index contributed by atoms with van der Waals surface area (Å²) >= 11 is 0. The van der Waals surface area contributed by atoms with Crippen LogP contribution < -0.4 is 9.64 Å². The van der Waals surface area contributed by atoms with Gasteiger partial charge in [0.25, 0.3) is 5.91 Å². The summed E-state index contributed by atoms with van der Waals surface area (Å²) in [6, 6.07) is 15.4. The largest absolute Gasteiger partial charge is 0.508 e. The van der Waals surface area contributed by atoms with Crippen LogP contribution >= 0.6 is 0 Å². The van der Waals surface area contributed by atoms with Crippen molar-refractivity contribution in [1.82, 2.24) is 9.88 Å². The lowest BCUT2D eigenvalue weighted by Gasteiger charge is -2.36. The number of phenolic OH excluding ortho intramolecular Hbond substituents is 1. The lowest BCUT2D eigenvalue weighted by Crippen LogP contribution is -2.48. The molecular weight excluding hydrogens is 423 g/mol.